The van der Waals surface area contributed by atoms with Gasteiger partial charge in [-0.05, 0) is 61.4 Å². The number of rotatable bonds is 4. The van der Waals surface area contributed by atoms with Gasteiger partial charge in [0, 0.05) is 11.8 Å². The molecule has 0 saturated heterocycles. The number of hydrogen-bond donors (Lipinski definition) is 3. The summed E-state index contributed by atoms with van der Waals surface area (Å²) in [5.41, 5.74) is -0.491. The van der Waals surface area contributed by atoms with Gasteiger partial charge in [-0.3, -0.25) is 9.59 Å². The van der Waals surface area contributed by atoms with E-state index in [4.69, 9.17) is 0 Å². The summed E-state index contributed by atoms with van der Waals surface area (Å²) in [6, 6.07) is 7.55. The molecule has 3 N–H and O–H groups in total. The van der Waals surface area contributed by atoms with E-state index in [0.29, 0.717) is 16.8 Å². The van der Waals surface area contributed by atoms with Crippen LogP contribution in [-0.4, -0.2) is 16.1 Å². The van der Waals surface area contributed by atoms with Gasteiger partial charge in [0.05, 0.1) is 16.8 Å². The van der Waals surface area contributed by atoms with Crippen LogP contribution in [0.4, 0.5) is 34.8 Å². The van der Waals surface area contributed by atoms with Crippen molar-refractivity contribution in [3.63, 3.8) is 0 Å². The minimum atomic E-state index is -4.62. The van der Waals surface area contributed by atoms with Gasteiger partial charge in [0.25, 0.3) is 11.5 Å². The van der Waals surface area contributed by atoms with Gasteiger partial charge >= 0.3 is 6.18 Å². The van der Waals surface area contributed by atoms with Crippen LogP contribution in [0.5, 0.6) is 0 Å². The van der Waals surface area contributed by atoms with E-state index in [-0.39, 0.29) is 17.1 Å². The minimum Gasteiger partial charge on any atom is -0.355 e. The van der Waals surface area contributed by atoms with Crippen molar-refractivity contribution in [3.8, 4) is 0 Å². The second-order valence-electron chi connectivity index (χ2n) is 6.56. The Morgan fingerprint density at radius 1 is 1.00 bits per heavy atom. The number of nitrogens with one attached hydrogen (secondary N) is 3. The fraction of sp³-hybridized carbons (Fsp3) is 0.150. The van der Waals surface area contributed by atoms with E-state index in [0.717, 1.165) is 24.3 Å². The van der Waals surface area contributed by atoms with E-state index in [2.05, 4.69) is 20.8 Å². The molecule has 2 aromatic carbocycles. The lowest BCUT2D eigenvalue weighted by Crippen LogP contribution is -2.19. The summed E-state index contributed by atoms with van der Waals surface area (Å²) in [6.07, 6.45) is -4.62. The highest BCUT2D eigenvalue weighted by Crippen LogP contribution is 2.34. The van der Waals surface area contributed by atoms with Crippen molar-refractivity contribution in [2.45, 2.75) is 20.0 Å². The average Bonchev–Trinajstić information content (AvgIpc) is 2.65. The molecule has 0 aliphatic heterocycles. The first-order chi connectivity index (χ1) is 14.0. The summed E-state index contributed by atoms with van der Waals surface area (Å²) in [5.74, 6) is -1.18. The number of halogens is 4. The van der Waals surface area contributed by atoms with Crippen molar-refractivity contribution >= 4 is 23.1 Å². The largest absolute Gasteiger partial charge is 0.416 e. The summed E-state index contributed by atoms with van der Waals surface area (Å²) in [5, 5.41) is 11.1. The van der Waals surface area contributed by atoms with Gasteiger partial charge in [-0.2, -0.15) is 18.3 Å². The molecular weight excluding hydrogens is 404 g/mol. The molecule has 1 amide bonds. The highest BCUT2D eigenvalue weighted by Gasteiger charge is 2.31. The SMILES string of the molecule is Cc1cc(F)ccc1Nc1cc(C(F)(F)F)ccc1C(=O)Nc1n[nH]c(=O)cc1C. The molecule has 10 heteroatoms. The number of amides is 1. The molecule has 0 aliphatic rings. The molecule has 0 bridgehead atoms. The average molecular weight is 420 g/mol. The number of alkyl halides is 3. The van der Waals surface area contributed by atoms with E-state index in [1.807, 2.05) is 0 Å². The van der Waals surface area contributed by atoms with E-state index in [1.165, 1.54) is 18.2 Å². The number of benzene rings is 2. The maximum absolute atomic E-state index is 13.3. The molecule has 0 spiro atoms. The number of H-pyrrole nitrogens is 1. The summed E-state index contributed by atoms with van der Waals surface area (Å²) in [4.78, 5) is 24.0. The Morgan fingerprint density at radius 2 is 1.73 bits per heavy atom. The Bertz CT molecular complexity index is 1170. The second kappa shape index (κ2) is 7.97. The number of aromatic amines is 1. The molecule has 30 heavy (non-hydrogen) atoms. The predicted octanol–water partition coefficient (Wildman–Crippen LogP) is 4.54. The van der Waals surface area contributed by atoms with Crippen LogP contribution in [0.1, 0.15) is 27.0 Å². The van der Waals surface area contributed by atoms with Crippen molar-refractivity contribution in [1.29, 1.82) is 0 Å². The molecule has 0 saturated carbocycles. The molecule has 156 valence electrons. The second-order valence-corrected chi connectivity index (χ2v) is 6.56. The lowest BCUT2D eigenvalue weighted by molar-refractivity contribution is -0.137. The molecule has 1 heterocycles. The number of nitrogens with zero attached hydrogens (tertiary/aromatic N) is 1. The molecule has 0 radical (unpaired) electrons. The van der Waals surface area contributed by atoms with Crippen LogP contribution in [0.25, 0.3) is 0 Å². The van der Waals surface area contributed by atoms with E-state index < -0.39 is 29.0 Å². The molecular formula is C20H16F4N4O2. The molecule has 3 aromatic rings. The zero-order valence-electron chi connectivity index (χ0n) is 15.8. The molecule has 6 nitrogen and oxygen atoms in total. The number of aromatic nitrogens is 2. The predicted molar refractivity (Wildman–Crippen MR) is 103 cm³/mol. The van der Waals surface area contributed by atoms with Gasteiger partial charge in [-0.25, -0.2) is 9.49 Å². The van der Waals surface area contributed by atoms with E-state index >= 15 is 0 Å². The maximum atomic E-state index is 13.3. The Balaban J connectivity index is 2.02. The van der Waals surface area contributed by atoms with Gasteiger partial charge < -0.3 is 10.6 Å². The molecule has 0 atom stereocenters. The van der Waals surface area contributed by atoms with Gasteiger partial charge in [0.1, 0.15) is 5.82 Å². The molecule has 0 aliphatic carbocycles. The Hall–Kier alpha value is -3.69. The lowest BCUT2D eigenvalue weighted by Gasteiger charge is -2.16. The fourth-order valence-corrected chi connectivity index (χ4v) is 2.73. The van der Waals surface area contributed by atoms with Crippen LogP contribution in [0, 0.1) is 19.7 Å². The van der Waals surface area contributed by atoms with Crippen LogP contribution in [0.15, 0.2) is 47.3 Å². The summed E-state index contributed by atoms with van der Waals surface area (Å²) < 4.78 is 52.9. The monoisotopic (exact) mass is 420 g/mol. The van der Waals surface area contributed by atoms with Crippen molar-refractivity contribution in [2.75, 3.05) is 10.6 Å². The topological polar surface area (TPSA) is 86.9 Å². The zero-order chi connectivity index (χ0) is 22.1. The van der Waals surface area contributed by atoms with E-state index in [1.54, 1.807) is 13.8 Å². The smallest absolute Gasteiger partial charge is 0.355 e. The third-order valence-electron chi connectivity index (χ3n) is 4.28. The fourth-order valence-electron chi connectivity index (χ4n) is 2.73. The maximum Gasteiger partial charge on any atom is 0.416 e. The first-order valence-electron chi connectivity index (χ1n) is 8.66. The van der Waals surface area contributed by atoms with Crippen molar-refractivity contribution < 1.29 is 22.4 Å². The van der Waals surface area contributed by atoms with E-state index in [9.17, 15) is 27.2 Å². The summed E-state index contributed by atoms with van der Waals surface area (Å²) >= 11 is 0. The molecule has 0 fully saturated rings. The highest BCUT2D eigenvalue weighted by molar-refractivity contribution is 6.08. The van der Waals surface area contributed by atoms with Crippen LogP contribution in [-0.2, 0) is 6.18 Å². The Kier molecular flexibility index (Phi) is 5.59. The van der Waals surface area contributed by atoms with Crippen LogP contribution >= 0.6 is 0 Å². The Labute approximate surface area is 167 Å². The van der Waals surface area contributed by atoms with Gasteiger partial charge in [-0.1, -0.05) is 0 Å². The third kappa shape index (κ3) is 4.65. The quantitative estimate of drug-likeness (QED) is 0.541. The number of carbonyl (C=O) groups excluding carboxylic acids is 1. The summed E-state index contributed by atoms with van der Waals surface area (Å²) in [6.45, 7) is 3.12. The lowest BCUT2D eigenvalue weighted by atomic mass is 10.1. The first-order valence-corrected chi connectivity index (χ1v) is 8.66. The van der Waals surface area contributed by atoms with Gasteiger partial charge in [0.2, 0.25) is 0 Å². The molecule has 1 aromatic heterocycles. The van der Waals surface area contributed by atoms with Gasteiger partial charge in [-0.15, -0.1) is 0 Å². The number of anilines is 3. The third-order valence-corrected chi connectivity index (χ3v) is 4.28. The Morgan fingerprint density at radius 3 is 2.37 bits per heavy atom. The minimum absolute atomic E-state index is 0.0587. The zero-order valence-corrected chi connectivity index (χ0v) is 15.8. The van der Waals surface area contributed by atoms with Crippen LogP contribution in [0.2, 0.25) is 0 Å². The van der Waals surface area contributed by atoms with Crippen molar-refractivity contribution in [2.24, 2.45) is 0 Å². The van der Waals surface area contributed by atoms with Gasteiger partial charge in [0.15, 0.2) is 5.82 Å². The number of hydrogen-bond acceptors (Lipinski definition) is 4. The van der Waals surface area contributed by atoms with Crippen molar-refractivity contribution in [1.82, 2.24) is 10.2 Å². The first kappa shape index (κ1) is 21.0. The van der Waals surface area contributed by atoms with Crippen LogP contribution in [0.3, 0.4) is 0 Å². The number of carbonyl (C=O) groups is 1. The standard InChI is InChI=1S/C20H16F4N4O2/c1-10-7-13(21)4-6-15(10)25-16-9-12(20(22,23)24)3-5-14(16)19(30)26-18-11(2)8-17(29)27-28-18/h3-9,25H,1-2H3,(H,27,29)(H,26,28,30). The van der Waals surface area contributed by atoms with Crippen molar-refractivity contribution in [3.05, 3.63) is 80.9 Å². The molecule has 0 unspecified atom stereocenters. The normalized spacial score (nSPS) is 11.3. The molecule has 3 rings (SSSR count). The van der Waals surface area contributed by atoms with Crippen LogP contribution < -0.4 is 16.2 Å². The number of aryl methyl sites for hydroxylation is 2. The summed E-state index contributed by atoms with van der Waals surface area (Å²) in [7, 11) is 0. The highest BCUT2D eigenvalue weighted by atomic mass is 19.4.